The number of rotatable bonds is 0. The lowest BCUT2D eigenvalue weighted by atomic mass is 10.1. The van der Waals surface area contributed by atoms with Gasteiger partial charge in [-0.1, -0.05) is 0 Å². The van der Waals surface area contributed by atoms with E-state index in [1.54, 1.807) is 0 Å². The fourth-order valence-electron chi connectivity index (χ4n) is 2.10. The first-order valence-electron chi connectivity index (χ1n) is 3.81. The highest BCUT2D eigenvalue weighted by atomic mass is 16.7. The highest BCUT2D eigenvalue weighted by Crippen LogP contribution is 2.52. The zero-order chi connectivity index (χ0) is 6.72. The van der Waals surface area contributed by atoms with Crippen molar-refractivity contribution in [2.24, 2.45) is 11.8 Å². The summed E-state index contributed by atoms with van der Waals surface area (Å²) in [7, 11) is 0. The van der Waals surface area contributed by atoms with E-state index in [1.807, 2.05) is 0 Å². The van der Waals surface area contributed by atoms with Crippen molar-refractivity contribution in [2.75, 3.05) is 6.61 Å². The van der Waals surface area contributed by atoms with E-state index in [1.165, 1.54) is 0 Å². The van der Waals surface area contributed by atoms with E-state index < -0.39 is 0 Å². The number of aliphatic hydroxyl groups excluding tert-OH is 1. The molecule has 0 spiro atoms. The molecule has 0 unspecified atom stereocenters. The molecule has 2 aliphatic heterocycles. The average Bonchev–Trinajstić information content (AvgIpc) is 2.61. The molecule has 1 N–H and O–H groups in total. The van der Waals surface area contributed by atoms with Gasteiger partial charge in [0.15, 0.2) is 6.29 Å². The topological polar surface area (TPSA) is 38.7 Å². The lowest BCUT2D eigenvalue weighted by Crippen LogP contribution is -2.34. The molecule has 1 aliphatic carbocycles. The molecule has 3 aliphatic rings. The van der Waals surface area contributed by atoms with Crippen LogP contribution in [0.1, 0.15) is 6.42 Å². The molecule has 10 heavy (non-hydrogen) atoms. The van der Waals surface area contributed by atoms with Crippen molar-refractivity contribution in [3.8, 4) is 0 Å². The number of aliphatic hydroxyl groups is 1. The summed E-state index contributed by atoms with van der Waals surface area (Å²) < 4.78 is 10.6. The van der Waals surface area contributed by atoms with Crippen LogP contribution in [0.5, 0.6) is 0 Å². The first-order chi connectivity index (χ1) is 4.86. The molecule has 56 valence electrons. The molecule has 1 saturated carbocycles. The minimum Gasteiger partial charge on any atom is -0.388 e. The smallest absolute Gasteiger partial charge is 0.184 e. The normalized spacial score (nSPS) is 63.9. The molecule has 2 bridgehead atoms. The summed E-state index contributed by atoms with van der Waals surface area (Å²) in [5.41, 5.74) is 0. The van der Waals surface area contributed by atoms with Crippen molar-refractivity contribution >= 4 is 0 Å². The molecule has 0 aromatic carbocycles. The summed E-state index contributed by atoms with van der Waals surface area (Å²) in [4.78, 5) is 0. The van der Waals surface area contributed by atoms with Crippen LogP contribution in [0.3, 0.4) is 0 Å². The van der Waals surface area contributed by atoms with Gasteiger partial charge in [0.25, 0.3) is 0 Å². The minimum atomic E-state index is -0.344. The van der Waals surface area contributed by atoms with E-state index in [2.05, 4.69) is 0 Å². The maximum Gasteiger partial charge on any atom is 0.184 e. The van der Waals surface area contributed by atoms with Gasteiger partial charge >= 0.3 is 0 Å². The SMILES string of the molecule is O[C@@H]1[C@@H]2OC[C@@H](O2)[C@H]2C[C@@H]12. The highest BCUT2D eigenvalue weighted by molar-refractivity contribution is 5.03. The average molecular weight is 142 g/mol. The molecule has 0 radical (unpaired) electrons. The van der Waals surface area contributed by atoms with Crippen molar-refractivity contribution in [3.63, 3.8) is 0 Å². The Bertz CT molecular complexity index is 168. The van der Waals surface area contributed by atoms with E-state index >= 15 is 0 Å². The van der Waals surface area contributed by atoms with Gasteiger partial charge in [-0.3, -0.25) is 0 Å². The van der Waals surface area contributed by atoms with Crippen LogP contribution >= 0.6 is 0 Å². The van der Waals surface area contributed by atoms with Gasteiger partial charge in [0, 0.05) is 0 Å². The predicted molar refractivity (Wildman–Crippen MR) is 32.2 cm³/mol. The maximum atomic E-state index is 9.46. The van der Waals surface area contributed by atoms with Gasteiger partial charge in [0.1, 0.15) is 6.10 Å². The van der Waals surface area contributed by atoms with E-state index in [9.17, 15) is 5.11 Å². The summed E-state index contributed by atoms with van der Waals surface area (Å²) in [6.07, 6.45) is 0.807. The first kappa shape index (κ1) is 5.52. The van der Waals surface area contributed by atoms with Crippen LogP contribution in [0, 0.1) is 11.8 Å². The van der Waals surface area contributed by atoms with E-state index in [0.29, 0.717) is 24.5 Å². The second-order valence-corrected chi connectivity index (χ2v) is 3.43. The predicted octanol–water partition coefficient (Wildman–Crippen LogP) is -0.262. The Morgan fingerprint density at radius 3 is 3.10 bits per heavy atom. The summed E-state index contributed by atoms with van der Waals surface area (Å²) in [6, 6.07) is 0. The third-order valence-corrected chi connectivity index (χ3v) is 2.82. The van der Waals surface area contributed by atoms with Gasteiger partial charge in [-0.05, 0) is 18.3 Å². The number of hydrogen-bond donors (Lipinski definition) is 1. The Balaban J connectivity index is 1.91. The second-order valence-electron chi connectivity index (χ2n) is 3.43. The van der Waals surface area contributed by atoms with Crippen LogP contribution < -0.4 is 0 Å². The molecule has 0 aromatic rings. The first-order valence-corrected chi connectivity index (χ1v) is 3.81. The van der Waals surface area contributed by atoms with Crippen molar-refractivity contribution in [3.05, 3.63) is 0 Å². The second kappa shape index (κ2) is 1.55. The standard InChI is InChI=1S/C7H10O3/c8-6-4-1-3(4)5-2-9-7(6)10-5/h3-8H,1-2H2/t3-,4+,5+,6-,7+/m0/s1. The summed E-state index contributed by atoms with van der Waals surface area (Å²) >= 11 is 0. The van der Waals surface area contributed by atoms with Crippen molar-refractivity contribution in [1.29, 1.82) is 0 Å². The summed E-state index contributed by atoms with van der Waals surface area (Å²) in [5, 5.41) is 9.46. The molecule has 0 aromatic heterocycles. The molecule has 3 fully saturated rings. The van der Waals surface area contributed by atoms with E-state index in [0.717, 1.165) is 6.42 Å². The minimum absolute atomic E-state index is 0.297. The van der Waals surface area contributed by atoms with Gasteiger partial charge in [-0.2, -0.15) is 0 Å². The summed E-state index contributed by atoms with van der Waals surface area (Å²) in [5.74, 6) is 1.10. The van der Waals surface area contributed by atoms with Crippen molar-refractivity contribution < 1.29 is 14.6 Å². The Morgan fingerprint density at radius 2 is 2.20 bits per heavy atom. The van der Waals surface area contributed by atoms with E-state index in [4.69, 9.17) is 9.47 Å². The Hall–Kier alpha value is -0.120. The van der Waals surface area contributed by atoms with Gasteiger partial charge in [0.2, 0.25) is 0 Å². The zero-order valence-electron chi connectivity index (χ0n) is 5.56. The number of ether oxygens (including phenoxy) is 2. The molecule has 3 heteroatoms. The third kappa shape index (κ3) is 0.516. The third-order valence-electron chi connectivity index (χ3n) is 2.82. The maximum absolute atomic E-state index is 9.46. The fraction of sp³-hybridized carbons (Fsp3) is 1.00. The van der Waals surface area contributed by atoms with Crippen molar-refractivity contribution in [2.45, 2.75) is 24.9 Å². The van der Waals surface area contributed by atoms with Crippen LogP contribution in [-0.4, -0.2) is 30.2 Å². The number of fused-ring (bicyclic) bond motifs is 4. The lowest BCUT2D eigenvalue weighted by molar-refractivity contribution is -0.157. The molecule has 2 saturated heterocycles. The van der Waals surface area contributed by atoms with Crippen LogP contribution in [0.15, 0.2) is 0 Å². The monoisotopic (exact) mass is 142 g/mol. The molecule has 3 rings (SSSR count). The van der Waals surface area contributed by atoms with Gasteiger partial charge < -0.3 is 14.6 Å². The molecule has 2 heterocycles. The Labute approximate surface area is 58.9 Å². The zero-order valence-corrected chi connectivity index (χ0v) is 5.56. The lowest BCUT2D eigenvalue weighted by Gasteiger charge is -2.22. The molecular formula is C7H10O3. The fourth-order valence-corrected chi connectivity index (χ4v) is 2.10. The van der Waals surface area contributed by atoms with Crippen LogP contribution in [0.2, 0.25) is 0 Å². The Kier molecular flexibility index (Phi) is 0.854. The summed E-state index contributed by atoms with van der Waals surface area (Å²) in [6.45, 7) is 0.697. The van der Waals surface area contributed by atoms with Gasteiger partial charge in [-0.15, -0.1) is 0 Å². The van der Waals surface area contributed by atoms with E-state index in [-0.39, 0.29) is 12.4 Å². The van der Waals surface area contributed by atoms with Crippen molar-refractivity contribution in [1.82, 2.24) is 0 Å². The van der Waals surface area contributed by atoms with Crippen LogP contribution in [-0.2, 0) is 9.47 Å². The van der Waals surface area contributed by atoms with Crippen LogP contribution in [0.25, 0.3) is 0 Å². The number of hydrogen-bond acceptors (Lipinski definition) is 3. The van der Waals surface area contributed by atoms with Crippen LogP contribution in [0.4, 0.5) is 0 Å². The quantitative estimate of drug-likeness (QED) is 0.506. The highest BCUT2D eigenvalue weighted by Gasteiger charge is 2.58. The molecule has 5 atom stereocenters. The molecule has 0 amide bonds. The van der Waals surface area contributed by atoms with Gasteiger partial charge in [-0.25, -0.2) is 0 Å². The molecule has 3 nitrogen and oxygen atoms in total. The largest absolute Gasteiger partial charge is 0.388 e. The molecular weight excluding hydrogens is 132 g/mol. The Morgan fingerprint density at radius 1 is 1.30 bits per heavy atom. The van der Waals surface area contributed by atoms with Gasteiger partial charge in [0.05, 0.1) is 12.7 Å².